The van der Waals surface area contributed by atoms with Crippen LogP contribution in [-0.2, 0) is 11.2 Å². The SMILES string of the molecule is CCN1CCN(C(=O)c2ncccc2O)C[C@@H](Cc2ccccc2-c2ccc(C)cc2)C1=O. The Hall–Kier alpha value is -3.67. The van der Waals surface area contributed by atoms with Crippen molar-refractivity contribution in [3.8, 4) is 16.9 Å². The first-order chi connectivity index (χ1) is 16.0. The maximum Gasteiger partial charge on any atom is 0.276 e. The molecule has 1 aliphatic heterocycles. The van der Waals surface area contributed by atoms with Crippen molar-refractivity contribution >= 4 is 11.8 Å². The molecule has 0 aliphatic carbocycles. The molecule has 1 saturated heterocycles. The minimum absolute atomic E-state index is 0.0219. The normalized spacial score (nSPS) is 16.5. The van der Waals surface area contributed by atoms with Crippen molar-refractivity contribution in [3.63, 3.8) is 0 Å². The first kappa shape index (κ1) is 22.5. The highest BCUT2D eigenvalue weighted by Gasteiger charge is 2.33. The molecule has 1 aromatic heterocycles. The van der Waals surface area contributed by atoms with Crippen molar-refractivity contribution in [2.75, 3.05) is 26.2 Å². The van der Waals surface area contributed by atoms with E-state index in [2.05, 4.69) is 48.3 Å². The molecule has 1 fully saturated rings. The number of amides is 2. The van der Waals surface area contributed by atoms with Gasteiger partial charge >= 0.3 is 0 Å². The van der Waals surface area contributed by atoms with E-state index in [0.717, 1.165) is 16.7 Å². The molecule has 0 saturated carbocycles. The number of carbonyl (C=O) groups excluding carboxylic acids is 2. The largest absolute Gasteiger partial charge is 0.505 e. The van der Waals surface area contributed by atoms with Crippen LogP contribution in [0.15, 0.2) is 66.9 Å². The van der Waals surface area contributed by atoms with Gasteiger partial charge in [-0.3, -0.25) is 9.59 Å². The third-order valence-corrected chi connectivity index (χ3v) is 6.25. The van der Waals surface area contributed by atoms with Crippen LogP contribution in [0.25, 0.3) is 11.1 Å². The molecule has 1 aliphatic rings. The quantitative estimate of drug-likeness (QED) is 0.649. The number of benzene rings is 2. The predicted octanol–water partition coefficient (Wildman–Crippen LogP) is 3.93. The average Bonchev–Trinajstić information content (AvgIpc) is 2.98. The molecule has 3 aromatic rings. The van der Waals surface area contributed by atoms with E-state index >= 15 is 0 Å². The fourth-order valence-electron chi connectivity index (χ4n) is 4.39. The molecule has 33 heavy (non-hydrogen) atoms. The Morgan fingerprint density at radius 1 is 1.06 bits per heavy atom. The molecule has 2 aromatic carbocycles. The van der Waals surface area contributed by atoms with Crippen molar-refractivity contribution in [1.29, 1.82) is 0 Å². The molecule has 1 N–H and O–H groups in total. The van der Waals surface area contributed by atoms with Crippen molar-refractivity contribution in [2.45, 2.75) is 20.3 Å². The summed E-state index contributed by atoms with van der Waals surface area (Å²) in [5.74, 6) is -0.826. The molecule has 0 radical (unpaired) electrons. The van der Waals surface area contributed by atoms with E-state index in [0.29, 0.717) is 26.1 Å². The summed E-state index contributed by atoms with van der Waals surface area (Å²) < 4.78 is 0. The summed E-state index contributed by atoms with van der Waals surface area (Å²) in [5, 5.41) is 10.1. The van der Waals surface area contributed by atoms with Crippen molar-refractivity contribution in [2.24, 2.45) is 5.92 Å². The van der Waals surface area contributed by atoms with Crippen molar-refractivity contribution < 1.29 is 14.7 Å². The van der Waals surface area contributed by atoms with Crippen LogP contribution in [-0.4, -0.2) is 57.9 Å². The van der Waals surface area contributed by atoms with Crippen LogP contribution in [0.2, 0.25) is 0 Å². The standard InChI is InChI=1S/C27H29N3O3/c1-3-29-15-16-30(27(33)25-24(31)9-6-14-28-25)18-22(26(29)32)17-21-7-4-5-8-23(21)20-12-10-19(2)11-13-20/h4-14,22,31H,3,15-18H2,1-2H3/t22-/m1/s1. The van der Waals surface area contributed by atoms with Crippen LogP contribution in [0.4, 0.5) is 0 Å². The molecular formula is C27H29N3O3. The van der Waals surface area contributed by atoms with Gasteiger partial charge in [-0.05, 0) is 49.1 Å². The highest BCUT2D eigenvalue weighted by Crippen LogP contribution is 2.28. The number of pyridine rings is 1. The van der Waals surface area contributed by atoms with Gasteiger partial charge in [0.15, 0.2) is 5.69 Å². The molecule has 6 nitrogen and oxygen atoms in total. The lowest BCUT2D eigenvalue weighted by Gasteiger charge is -2.24. The van der Waals surface area contributed by atoms with Crippen LogP contribution in [0.3, 0.4) is 0 Å². The summed E-state index contributed by atoms with van der Waals surface area (Å²) in [7, 11) is 0. The van der Waals surface area contributed by atoms with Crippen molar-refractivity contribution in [1.82, 2.24) is 14.8 Å². The van der Waals surface area contributed by atoms with Crippen LogP contribution in [0.1, 0.15) is 28.5 Å². The van der Waals surface area contributed by atoms with Gasteiger partial charge in [0.1, 0.15) is 5.75 Å². The zero-order chi connectivity index (χ0) is 23.4. The zero-order valence-corrected chi connectivity index (χ0v) is 19.1. The van der Waals surface area contributed by atoms with Gasteiger partial charge in [-0.1, -0.05) is 54.1 Å². The number of aromatic hydroxyl groups is 1. The number of hydrogen-bond donors (Lipinski definition) is 1. The van der Waals surface area contributed by atoms with Gasteiger partial charge < -0.3 is 14.9 Å². The minimum atomic E-state index is -0.381. The third-order valence-electron chi connectivity index (χ3n) is 6.25. The van der Waals surface area contributed by atoms with Gasteiger partial charge in [0.05, 0.1) is 5.92 Å². The average molecular weight is 444 g/mol. The molecule has 2 amide bonds. The van der Waals surface area contributed by atoms with E-state index in [-0.39, 0.29) is 35.7 Å². The van der Waals surface area contributed by atoms with Crippen LogP contribution >= 0.6 is 0 Å². The lowest BCUT2D eigenvalue weighted by Crippen LogP contribution is -2.38. The third kappa shape index (κ3) is 4.90. The maximum atomic E-state index is 13.4. The number of carbonyl (C=O) groups is 2. The lowest BCUT2D eigenvalue weighted by molar-refractivity contribution is -0.134. The predicted molar refractivity (Wildman–Crippen MR) is 128 cm³/mol. The number of aromatic nitrogens is 1. The summed E-state index contributed by atoms with van der Waals surface area (Å²) in [6, 6.07) is 19.5. The number of nitrogens with zero attached hydrogens (tertiary/aromatic N) is 3. The first-order valence-corrected chi connectivity index (χ1v) is 11.3. The topological polar surface area (TPSA) is 73.7 Å². The highest BCUT2D eigenvalue weighted by atomic mass is 16.3. The Labute approximate surface area is 194 Å². The molecule has 4 rings (SSSR count). The number of aryl methyl sites for hydroxylation is 1. The summed E-state index contributed by atoms with van der Waals surface area (Å²) in [5.41, 5.74) is 4.49. The van der Waals surface area contributed by atoms with Crippen LogP contribution < -0.4 is 0 Å². The summed E-state index contributed by atoms with van der Waals surface area (Å²) in [4.78, 5) is 34.1. The van der Waals surface area contributed by atoms with E-state index in [1.807, 2.05) is 24.0 Å². The molecule has 0 unspecified atom stereocenters. The Kier molecular flexibility index (Phi) is 6.73. The Bertz CT molecular complexity index is 1140. The number of rotatable bonds is 5. The lowest BCUT2D eigenvalue weighted by atomic mass is 9.91. The monoisotopic (exact) mass is 443 g/mol. The van der Waals surface area contributed by atoms with Crippen LogP contribution in [0.5, 0.6) is 5.75 Å². The molecule has 1 atom stereocenters. The second-order valence-electron chi connectivity index (χ2n) is 8.46. The second kappa shape index (κ2) is 9.86. The van der Waals surface area contributed by atoms with Crippen LogP contribution in [0, 0.1) is 12.8 Å². The fourth-order valence-corrected chi connectivity index (χ4v) is 4.39. The molecule has 170 valence electrons. The molecule has 0 spiro atoms. The van der Waals surface area contributed by atoms with Gasteiger partial charge in [-0.2, -0.15) is 0 Å². The molecule has 2 heterocycles. The van der Waals surface area contributed by atoms with E-state index in [1.165, 1.54) is 17.8 Å². The summed E-state index contributed by atoms with van der Waals surface area (Å²) >= 11 is 0. The van der Waals surface area contributed by atoms with E-state index in [9.17, 15) is 14.7 Å². The van der Waals surface area contributed by atoms with Gasteiger partial charge in [-0.15, -0.1) is 0 Å². The number of likely N-dealkylation sites (N-methyl/N-ethyl adjacent to an activating group) is 1. The molecule has 0 bridgehead atoms. The Morgan fingerprint density at radius 3 is 2.55 bits per heavy atom. The smallest absolute Gasteiger partial charge is 0.276 e. The second-order valence-corrected chi connectivity index (χ2v) is 8.46. The Balaban J connectivity index is 1.64. The first-order valence-electron chi connectivity index (χ1n) is 11.3. The van der Waals surface area contributed by atoms with Gasteiger partial charge in [0.25, 0.3) is 5.91 Å². The molecule has 6 heteroatoms. The highest BCUT2D eigenvalue weighted by molar-refractivity contribution is 5.95. The maximum absolute atomic E-state index is 13.4. The fraction of sp³-hybridized carbons (Fsp3) is 0.296. The number of hydrogen-bond acceptors (Lipinski definition) is 4. The molecular weight excluding hydrogens is 414 g/mol. The summed E-state index contributed by atoms with van der Waals surface area (Å²) in [6.45, 7) is 5.76. The van der Waals surface area contributed by atoms with Crippen molar-refractivity contribution in [3.05, 3.63) is 83.7 Å². The van der Waals surface area contributed by atoms with E-state index in [4.69, 9.17) is 0 Å². The van der Waals surface area contributed by atoms with Gasteiger partial charge in [0.2, 0.25) is 5.91 Å². The minimum Gasteiger partial charge on any atom is -0.505 e. The van der Waals surface area contributed by atoms with Gasteiger partial charge in [-0.25, -0.2) is 4.98 Å². The van der Waals surface area contributed by atoms with E-state index in [1.54, 1.807) is 11.0 Å². The van der Waals surface area contributed by atoms with E-state index < -0.39 is 0 Å². The zero-order valence-electron chi connectivity index (χ0n) is 19.1. The summed E-state index contributed by atoms with van der Waals surface area (Å²) in [6.07, 6.45) is 2.01. The Morgan fingerprint density at radius 2 is 1.82 bits per heavy atom. The van der Waals surface area contributed by atoms with Gasteiger partial charge in [0, 0.05) is 32.4 Å².